The van der Waals surface area contributed by atoms with Crippen molar-refractivity contribution in [2.45, 2.75) is 32.4 Å². The van der Waals surface area contributed by atoms with Gasteiger partial charge in [-0.2, -0.15) is 0 Å². The molecule has 2 atom stereocenters. The summed E-state index contributed by atoms with van der Waals surface area (Å²) in [5.74, 6) is -1.31. The molecule has 1 saturated heterocycles. The Morgan fingerprint density at radius 3 is 2.68 bits per heavy atom. The minimum atomic E-state index is -3.14. The van der Waals surface area contributed by atoms with Crippen LogP contribution in [0.5, 0.6) is 0 Å². The molecule has 0 saturated carbocycles. The Morgan fingerprint density at radius 2 is 2.04 bits per heavy atom. The van der Waals surface area contributed by atoms with E-state index in [2.05, 4.69) is 4.98 Å². The van der Waals surface area contributed by atoms with E-state index in [1.54, 1.807) is 31.2 Å². The Bertz CT molecular complexity index is 1080. The van der Waals surface area contributed by atoms with Crippen molar-refractivity contribution in [3.63, 3.8) is 0 Å². The van der Waals surface area contributed by atoms with Gasteiger partial charge in [-0.05, 0) is 37.8 Å². The van der Waals surface area contributed by atoms with Crippen molar-refractivity contribution < 1.29 is 22.7 Å². The number of fused-ring (bicyclic) bond motifs is 1. The average Bonchev–Trinajstić information content (AvgIpc) is 3.01. The number of likely N-dealkylation sites (N-methyl/N-ethyl adjacent to an activating group) is 1. The first kappa shape index (κ1) is 20.1. The van der Waals surface area contributed by atoms with Crippen molar-refractivity contribution in [2.75, 3.05) is 18.1 Å². The van der Waals surface area contributed by atoms with Crippen molar-refractivity contribution in [3.05, 3.63) is 46.4 Å². The number of aromatic nitrogens is 1. The summed E-state index contributed by atoms with van der Waals surface area (Å²) in [4.78, 5) is 41.2. The van der Waals surface area contributed by atoms with Crippen LogP contribution in [-0.2, 0) is 19.4 Å². The molecule has 0 bridgehead atoms. The maximum atomic E-state index is 12.7. The third kappa shape index (κ3) is 4.09. The molecule has 0 radical (unpaired) electrons. The number of benzene rings is 1. The molecule has 1 N–H and O–H groups in total. The van der Waals surface area contributed by atoms with Crippen LogP contribution in [0.3, 0.4) is 0 Å². The Labute approximate surface area is 162 Å². The number of nitrogens with one attached hydrogen (secondary N) is 1. The highest BCUT2D eigenvalue weighted by molar-refractivity contribution is 7.91. The highest BCUT2D eigenvalue weighted by Gasteiger charge is 2.36. The molecule has 8 nitrogen and oxygen atoms in total. The molecule has 1 aromatic carbocycles. The Kier molecular flexibility index (Phi) is 5.55. The van der Waals surface area contributed by atoms with E-state index in [4.69, 9.17) is 4.74 Å². The number of ether oxygens (including phenoxy) is 1. The van der Waals surface area contributed by atoms with Crippen LogP contribution in [0.15, 0.2) is 35.1 Å². The number of carbonyl (C=O) groups is 2. The molecule has 0 unspecified atom stereocenters. The normalized spacial score (nSPS) is 19.3. The third-order valence-corrected chi connectivity index (χ3v) is 6.63. The summed E-state index contributed by atoms with van der Waals surface area (Å²) in [5.41, 5.74) is -0.467. The summed E-state index contributed by atoms with van der Waals surface area (Å²) in [6, 6.07) is 7.90. The Balaban J connectivity index is 1.74. The standard InChI is InChI=1S/C19H22N2O6S/c1-3-21(14-8-9-28(25,26)11-14)18(23)12(2)27-19(24)16-10-13-6-4-5-7-15(13)17(22)20-16/h4-7,10,12,14H,3,8-9,11H2,1-2H3,(H,20,22)/t12-,14+/m0/s1. The molecule has 1 aliphatic heterocycles. The summed E-state index contributed by atoms with van der Waals surface area (Å²) in [6.45, 7) is 3.50. The first-order chi connectivity index (χ1) is 13.2. The first-order valence-corrected chi connectivity index (χ1v) is 10.9. The minimum absolute atomic E-state index is 0.0464. The number of pyridine rings is 1. The zero-order valence-electron chi connectivity index (χ0n) is 15.7. The van der Waals surface area contributed by atoms with Crippen LogP contribution in [0.1, 0.15) is 30.8 Å². The molecule has 28 heavy (non-hydrogen) atoms. The molecule has 0 aliphatic carbocycles. The fourth-order valence-electron chi connectivity index (χ4n) is 3.44. The van der Waals surface area contributed by atoms with Crippen molar-refractivity contribution in [1.82, 2.24) is 9.88 Å². The van der Waals surface area contributed by atoms with Gasteiger partial charge in [-0.25, -0.2) is 13.2 Å². The number of hydrogen-bond donors (Lipinski definition) is 1. The predicted octanol–water partition coefficient (Wildman–Crippen LogP) is 1.11. The molecule has 9 heteroatoms. The SMILES string of the molecule is CCN(C(=O)[C@H](C)OC(=O)c1cc2ccccc2c(=O)[nH]1)[C@@H]1CCS(=O)(=O)C1. The van der Waals surface area contributed by atoms with Gasteiger partial charge in [0.15, 0.2) is 15.9 Å². The third-order valence-electron chi connectivity index (χ3n) is 4.88. The van der Waals surface area contributed by atoms with Gasteiger partial charge in [-0.1, -0.05) is 18.2 Å². The average molecular weight is 406 g/mol. The van der Waals surface area contributed by atoms with Crippen LogP contribution in [0.2, 0.25) is 0 Å². The van der Waals surface area contributed by atoms with Gasteiger partial charge in [0.1, 0.15) is 5.69 Å². The van der Waals surface area contributed by atoms with Gasteiger partial charge in [0.05, 0.1) is 11.5 Å². The van der Waals surface area contributed by atoms with Crippen molar-refractivity contribution in [2.24, 2.45) is 0 Å². The number of esters is 1. The van der Waals surface area contributed by atoms with Gasteiger partial charge in [0.2, 0.25) is 0 Å². The summed E-state index contributed by atoms with van der Waals surface area (Å²) >= 11 is 0. The molecule has 1 fully saturated rings. The topological polar surface area (TPSA) is 114 Å². The van der Waals surface area contributed by atoms with Gasteiger partial charge in [0.25, 0.3) is 11.5 Å². The molecular weight excluding hydrogens is 384 g/mol. The van der Waals surface area contributed by atoms with Gasteiger partial charge in [-0.3, -0.25) is 9.59 Å². The van der Waals surface area contributed by atoms with Gasteiger partial charge in [0, 0.05) is 18.0 Å². The van der Waals surface area contributed by atoms with E-state index < -0.39 is 39.4 Å². The van der Waals surface area contributed by atoms with Gasteiger partial charge in [-0.15, -0.1) is 0 Å². The fraction of sp³-hybridized carbons (Fsp3) is 0.421. The second-order valence-electron chi connectivity index (χ2n) is 6.83. The second-order valence-corrected chi connectivity index (χ2v) is 9.06. The maximum Gasteiger partial charge on any atom is 0.355 e. The number of hydrogen-bond acceptors (Lipinski definition) is 6. The first-order valence-electron chi connectivity index (χ1n) is 9.06. The number of amides is 1. The molecule has 1 aliphatic rings. The summed E-state index contributed by atoms with van der Waals surface area (Å²) in [6.07, 6.45) is -0.730. The number of rotatable bonds is 5. The Hall–Kier alpha value is -2.68. The highest BCUT2D eigenvalue weighted by Crippen LogP contribution is 2.19. The number of carbonyl (C=O) groups excluding carboxylic acids is 2. The monoisotopic (exact) mass is 406 g/mol. The number of nitrogens with zero attached hydrogens (tertiary/aromatic N) is 1. The lowest BCUT2D eigenvalue weighted by atomic mass is 10.1. The molecule has 2 aromatic rings. The van der Waals surface area contributed by atoms with Crippen LogP contribution >= 0.6 is 0 Å². The summed E-state index contributed by atoms with van der Waals surface area (Å²) in [5, 5.41) is 1.03. The zero-order chi connectivity index (χ0) is 20.5. The number of sulfone groups is 1. The maximum absolute atomic E-state index is 12.7. The molecular formula is C19H22N2O6S. The quantitative estimate of drug-likeness (QED) is 0.744. The van der Waals surface area contributed by atoms with Crippen LogP contribution in [0.4, 0.5) is 0 Å². The van der Waals surface area contributed by atoms with E-state index in [9.17, 15) is 22.8 Å². The van der Waals surface area contributed by atoms with Gasteiger partial charge >= 0.3 is 5.97 Å². The van der Waals surface area contributed by atoms with Crippen LogP contribution in [0.25, 0.3) is 10.8 Å². The fourth-order valence-corrected chi connectivity index (χ4v) is 5.17. The molecule has 1 aromatic heterocycles. The van der Waals surface area contributed by atoms with Gasteiger partial charge < -0.3 is 14.6 Å². The highest BCUT2D eigenvalue weighted by atomic mass is 32.2. The van der Waals surface area contributed by atoms with E-state index in [-0.39, 0.29) is 17.2 Å². The number of aromatic amines is 1. The lowest BCUT2D eigenvalue weighted by Gasteiger charge is -2.29. The smallest absolute Gasteiger partial charge is 0.355 e. The van der Waals surface area contributed by atoms with Crippen LogP contribution in [-0.4, -0.2) is 60.4 Å². The minimum Gasteiger partial charge on any atom is -0.448 e. The molecule has 2 heterocycles. The van der Waals surface area contributed by atoms with E-state index in [0.717, 1.165) is 0 Å². The number of H-pyrrole nitrogens is 1. The molecule has 0 spiro atoms. The van der Waals surface area contributed by atoms with Crippen LogP contribution < -0.4 is 5.56 Å². The molecule has 150 valence electrons. The Morgan fingerprint density at radius 1 is 1.32 bits per heavy atom. The zero-order valence-corrected chi connectivity index (χ0v) is 16.5. The van der Waals surface area contributed by atoms with Crippen molar-refractivity contribution in [3.8, 4) is 0 Å². The second kappa shape index (κ2) is 7.75. The van der Waals surface area contributed by atoms with E-state index in [1.807, 2.05) is 0 Å². The van der Waals surface area contributed by atoms with Crippen molar-refractivity contribution in [1.29, 1.82) is 0 Å². The van der Waals surface area contributed by atoms with Crippen molar-refractivity contribution >= 4 is 32.5 Å². The molecule has 3 rings (SSSR count). The summed E-state index contributed by atoms with van der Waals surface area (Å²) < 4.78 is 28.6. The lowest BCUT2D eigenvalue weighted by Crippen LogP contribution is -2.46. The largest absolute Gasteiger partial charge is 0.448 e. The van der Waals surface area contributed by atoms with E-state index in [1.165, 1.54) is 17.9 Å². The van der Waals surface area contributed by atoms with E-state index >= 15 is 0 Å². The summed E-state index contributed by atoms with van der Waals surface area (Å²) in [7, 11) is -3.14. The molecule has 1 amide bonds. The van der Waals surface area contributed by atoms with E-state index in [0.29, 0.717) is 23.7 Å². The lowest BCUT2D eigenvalue weighted by molar-refractivity contribution is -0.141. The van der Waals surface area contributed by atoms with Crippen LogP contribution in [0, 0.1) is 0 Å². The predicted molar refractivity (Wildman–Crippen MR) is 104 cm³/mol.